The fourth-order valence-electron chi connectivity index (χ4n) is 5.34. The summed E-state index contributed by atoms with van der Waals surface area (Å²) in [5.41, 5.74) is 13.2. The molecule has 5 rings (SSSR count). The predicted octanol–water partition coefficient (Wildman–Crippen LogP) is 9.45. The molecular weight excluding hydrogens is 512 g/mol. The number of aromatic nitrogens is 1. The molecule has 42 heavy (non-hydrogen) atoms. The number of allylic oxidation sites excluding steroid dienone is 9. The van der Waals surface area contributed by atoms with E-state index in [2.05, 4.69) is 107 Å². The second kappa shape index (κ2) is 12.9. The third-order valence-corrected chi connectivity index (χ3v) is 7.24. The first kappa shape index (κ1) is 28.2. The Morgan fingerprint density at radius 1 is 0.810 bits per heavy atom. The van der Waals surface area contributed by atoms with Crippen molar-refractivity contribution in [1.29, 1.82) is 0 Å². The monoisotopic (exact) mass is 548 g/mol. The van der Waals surface area contributed by atoms with Crippen LogP contribution in [0.1, 0.15) is 19.4 Å². The van der Waals surface area contributed by atoms with Gasteiger partial charge in [-0.25, -0.2) is 0 Å². The van der Waals surface area contributed by atoms with E-state index in [4.69, 9.17) is 5.84 Å². The lowest BCUT2D eigenvalue weighted by molar-refractivity contribution is 1.01. The van der Waals surface area contributed by atoms with Crippen molar-refractivity contribution >= 4 is 33.1 Å². The van der Waals surface area contributed by atoms with Crippen molar-refractivity contribution < 1.29 is 0 Å². The molecule has 0 saturated heterocycles. The number of nitrogen functional groups attached to an aromatic ring is 1. The van der Waals surface area contributed by atoms with Gasteiger partial charge in [-0.1, -0.05) is 92.1 Å². The number of nitrogens with two attached hydrogens (primary N) is 1. The molecule has 208 valence electrons. The van der Waals surface area contributed by atoms with E-state index in [0.717, 1.165) is 45.0 Å². The second-order valence-electron chi connectivity index (χ2n) is 9.95. The fourth-order valence-corrected chi connectivity index (χ4v) is 5.34. The number of hydrogen-bond donors (Lipinski definition) is 3. The lowest BCUT2D eigenvalue weighted by Gasteiger charge is -2.17. The average molecular weight is 549 g/mol. The maximum atomic E-state index is 6.00. The van der Waals surface area contributed by atoms with Crippen LogP contribution in [0.3, 0.4) is 0 Å². The summed E-state index contributed by atoms with van der Waals surface area (Å²) in [7, 11) is 0. The zero-order chi connectivity index (χ0) is 29.5. The van der Waals surface area contributed by atoms with Crippen molar-refractivity contribution in [3.8, 4) is 16.8 Å². The number of nitrogens with one attached hydrogen (secondary N) is 2. The van der Waals surface area contributed by atoms with E-state index in [1.165, 1.54) is 21.8 Å². The van der Waals surface area contributed by atoms with Crippen LogP contribution >= 0.6 is 0 Å². The van der Waals surface area contributed by atoms with Gasteiger partial charge < -0.3 is 15.3 Å². The Hall–Kier alpha value is -5.32. The third kappa shape index (κ3) is 5.62. The van der Waals surface area contributed by atoms with Crippen LogP contribution in [0, 0.1) is 0 Å². The quantitative estimate of drug-likeness (QED) is 0.0925. The molecule has 0 spiro atoms. The topological polar surface area (TPSA) is 55.0 Å². The molecule has 0 unspecified atom stereocenters. The zero-order valence-electron chi connectivity index (χ0n) is 24.1. The first-order chi connectivity index (χ1) is 20.6. The van der Waals surface area contributed by atoms with Crippen LogP contribution < -0.4 is 16.6 Å². The van der Waals surface area contributed by atoms with Crippen LogP contribution in [0.4, 0.5) is 5.69 Å². The number of anilines is 1. The normalized spacial score (nSPS) is 12.7. The molecule has 4 aromatic carbocycles. The molecule has 5 aromatic rings. The zero-order valence-corrected chi connectivity index (χ0v) is 24.1. The minimum atomic E-state index is 0.812. The average Bonchev–Trinajstić information content (AvgIpc) is 3.36. The van der Waals surface area contributed by atoms with Gasteiger partial charge in [0.2, 0.25) is 0 Å². The first-order valence-corrected chi connectivity index (χ1v) is 14.0. The van der Waals surface area contributed by atoms with Gasteiger partial charge in [-0.05, 0) is 79.6 Å². The van der Waals surface area contributed by atoms with Gasteiger partial charge in [-0.2, -0.15) is 0 Å². The minimum absolute atomic E-state index is 0.812. The van der Waals surface area contributed by atoms with Crippen LogP contribution in [-0.4, -0.2) is 4.57 Å². The number of nitrogens with zero attached hydrogens (tertiary/aromatic N) is 1. The summed E-state index contributed by atoms with van der Waals surface area (Å²) in [5.74, 6) is 6.00. The Kier molecular flexibility index (Phi) is 8.67. The smallest absolute Gasteiger partial charge is 0.0564 e. The number of fused-ring (bicyclic) bond motifs is 3. The third-order valence-electron chi connectivity index (χ3n) is 7.24. The Morgan fingerprint density at radius 3 is 2.26 bits per heavy atom. The summed E-state index contributed by atoms with van der Waals surface area (Å²) in [6.45, 7) is 11.9. The van der Waals surface area contributed by atoms with E-state index in [9.17, 15) is 0 Å². The number of rotatable bonds is 10. The molecule has 0 aliphatic rings. The molecule has 1 aromatic heterocycles. The van der Waals surface area contributed by atoms with Gasteiger partial charge in [0, 0.05) is 39.0 Å². The van der Waals surface area contributed by atoms with Crippen LogP contribution in [0.25, 0.3) is 44.2 Å². The largest absolute Gasteiger partial charge is 0.359 e. The number of hydrazine groups is 1. The molecule has 0 atom stereocenters. The molecule has 0 aliphatic carbocycles. The van der Waals surface area contributed by atoms with Crippen molar-refractivity contribution in [3.05, 3.63) is 164 Å². The summed E-state index contributed by atoms with van der Waals surface area (Å²) in [4.78, 5) is 0. The lowest BCUT2D eigenvalue weighted by Crippen LogP contribution is -2.13. The molecule has 4 nitrogen and oxygen atoms in total. The van der Waals surface area contributed by atoms with Gasteiger partial charge in [0.1, 0.15) is 0 Å². The Morgan fingerprint density at radius 2 is 1.52 bits per heavy atom. The van der Waals surface area contributed by atoms with E-state index in [1.54, 1.807) is 6.08 Å². The van der Waals surface area contributed by atoms with Gasteiger partial charge >= 0.3 is 0 Å². The molecule has 4 N–H and O–H groups in total. The first-order valence-electron chi connectivity index (χ1n) is 14.0. The molecule has 0 saturated carbocycles. The molecule has 1 heterocycles. The fraction of sp³-hybridized carbons (Fsp3) is 0.0526. The van der Waals surface area contributed by atoms with E-state index < -0.39 is 0 Å². The summed E-state index contributed by atoms with van der Waals surface area (Å²) >= 11 is 0. The van der Waals surface area contributed by atoms with Crippen molar-refractivity contribution in [2.45, 2.75) is 13.8 Å². The highest BCUT2D eigenvalue weighted by molar-refractivity contribution is 6.10. The lowest BCUT2D eigenvalue weighted by atomic mass is 9.95. The Labute approximate surface area is 248 Å². The van der Waals surface area contributed by atoms with E-state index in [0.29, 0.717) is 0 Å². The van der Waals surface area contributed by atoms with E-state index >= 15 is 0 Å². The summed E-state index contributed by atoms with van der Waals surface area (Å²) in [5, 5.41) is 5.95. The minimum Gasteiger partial charge on any atom is -0.359 e. The highest BCUT2D eigenvalue weighted by Crippen LogP contribution is 2.37. The Bertz CT molecular complexity index is 1880. The summed E-state index contributed by atoms with van der Waals surface area (Å²) in [6.07, 6.45) is 13.5. The molecule has 4 heteroatoms. The van der Waals surface area contributed by atoms with Crippen molar-refractivity contribution in [3.63, 3.8) is 0 Å². The number of para-hydroxylation sites is 2. The molecule has 0 aliphatic heterocycles. The number of hydrogen-bond acceptors (Lipinski definition) is 3. The van der Waals surface area contributed by atoms with Crippen molar-refractivity contribution in [2.24, 2.45) is 5.84 Å². The summed E-state index contributed by atoms with van der Waals surface area (Å²) in [6, 6.07) is 32.1. The summed E-state index contributed by atoms with van der Waals surface area (Å²) < 4.78 is 2.33. The van der Waals surface area contributed by atoms with Crippen LogP contribution in [0.15, 0.2) is 158 Å². The van der Waals surface area contributed by atoms with Gasteiger partial charge in [-0.15, -0.1) is 0 Å². The van der Waals surface area contributed by atoms with Crippen LogP contribution in [-0.2, 0) is 0 Å². The van der Waals surface area contributed by atoms with Crippen LogP contribution in [0.2, 0.25) is 0 Å². The standard InChI is InChI=1S/C38H36N4/c1-5-8-10-16-27(4)40-35(15-6-2)31(7-3)33-25-28(21-23-36(33)41-39)29-22-24-38-34(26-29)32-19-13-14-20-37(32)42(38)30-17-11-9-12-18-30/h5-26,40-41H,1,3,39H2,2,4H3/b10-8-,15-6-,27-16+,35-31-. The SMILES string of the molecule is C=C/C=C\C=C(/C)NC(/C=C\C)=C(/C=C)c1cc(-c2ccc3c(c2)c2ccccc2n3-c2ccccc2)ccc1NN. The highest BCUT2D eigenvalue weighted by Gasteiger charge is 2.15. The van der Waals surface area contributed by atoms with Gasteiger partial charge in [-0.3, -0.25) is 5.84 Å². The van der Waals surface area contributed by atoms with E-state index in [-0.39, 0.29) is 0 Å². The van der Waals surface area contributed by atoms with Crippen molar-refractivity contribution in [2.75, 3.05) is 5.43 Å². The van der Waals surface area contributed by atoms with E-state index in [1.807, 2.05) is 62.4 Å². The molecule has 0 radical (unpaired) electrons. The van der Waals surface area contributed by atoms with Gasteiger partial charge in [0.05, 0.1) is 16.7 Å². The second-order valence-corrected chi connectivity index (χ2v) is 9.95. The van der Waals surface area contributed by atoms with Gasteiger partial charge in [0.25, 0.3) is 0 Å². The maximum absolute atomic E-state index is 6.00. The predicted molar refractivity (Wildman–Crippen MR) is 182 cm³/mol. The van der Waals surface area contributed by atoms with Gasteiger partial charge in [0.15, 0.2) is 0 Å². The van der Waals surface area contributed by atoms with Crippen LogP contribution in [0.5, 0.6) is 0 Å². The highest BCUT2D eigenvalue weighted by atomic mass is 15.2. The Balaban J connectivity index is 1.66. The molecule has 0 amide bonds. The molecular formula is C38H36N4. The molecule has 0 bridgehead atoms. The molecule has 0 fully saturated rings. The number of benzene rings is 4. The van der Waals surface area contributed by atoms with Crippen molar-refractivity contribution in [1.82, 2.24) is 9.88 Å². The maximum Gasteiger partial charge on any atom is 0.0564 e.